The number of aryl methyl sites for hydroxylation is 1. The molecule has 6 nitrogen and oxygen atoms in total. The number of halogens is 1. The van der Waals surface area contributed by atoms with Gasteiger partial charge in [0, 0.05) is 30.7 Å². The van der Waals surface area contributed by atoms with Gasteiger partial charge in [-0.15, -0.1) is 0 Å². The van der Waals surface area contributed by atoms with Gasteiger partial charge in [-0.25, -0.2) is 14.2 Å². The number of aromatic carboxylic acids is 1. The van der Waals surface area contributed by atoms with E-state index in [1.54, 1.807) is 19.1 Å². The molecule has 0 aliphatic rings. The van der Waals surface area contributed by atoms with Crippen LogP contribution in [-0.2, 0) is 6.54 Å². The number of hydrogen-bond acceptors (Lipinski definition) is 4. The largest absolute Gasteiger partial charge is 0.477 e. The molecule has 0 aromatic carbocycles. The molecule has 23 heavy (non-hydrogen) atoms. The van der Waals surface area contributed by atoms with Crippen LogP contribution in [0.3, 0.4) is 0 Å². The second-order valence-electron chi connectivity index (χ2n) is 4.89. The Balaban J connectivity index is 2.39. The van der Waals surface area contributed by atoms with E-state index in [-0.39, 0.29) is 16.7 Å². The summed E-state index contributed by atoms with van der Waals surface area (Å²) in [4.78, 5) is 31.5. The maximum atomic E-state index is 14.4. The molecule has 3 aromatic heterocycles. The standard InChI is InChI=1S/C16H12FN3O3/c1-2-20-8-11(16(22)23)14(21)10-7-12(17)13(19-15(10)20)9-3-5-18-6-4-9/h3-8H,2H2,1H3,(H,22,23). The molecule has 0 fully saturated rings. The third-order valence-electron chi connectivity index (χ3n) is 3.53. The molecule has 0 aliphatic carbocycles. The molecule has 0 saturated carbocycles. The van der Waals surface area contributed by atoms with Gasteiger partial charge in [-0.1, -0.05) is 0 Å². The Morgan fingerprint density at radius 2 is 2.04 bits per heavy atom. The van der Waals surface area contributed by atoms with Gasteiger partial charge in [-0.2, -0.15) is 0 Å². The van der Waals surface area contributed by atoms with Gasteiger partial charge in [0.1, 0.15) is 22.7 Å². The van der Waals surface area contributed by atoms with E-state index in [4.69, 9.17) is 5.11 Å². The highest BCUT2D eigenvalue weighted by atomic mass is 19.1. The maximum Gasteiger partial charge on any atom is 0.341 e. The van der Waals surface area contributed by atoms with Gasteiger partial charge in [0.25, 0.3) is 0 Å². The monoisotopic (exact) mass is 313 g/mol. The van der Waals surface area contributed by atoms with E-state index in [1.807, 2.05) is 0 Å². The average molecular weight is 313 g/mol. The van der Waals surface area contributed by atoms with Crippen molar-refractivity contribution in [1.29, 1.82) is 0 Å². The van der Waals surface area contributed by atoms with Gasteiger partial charge in [0.05, 0.1) is 5.39 Å². The summed E-state index contributed by atoms with van der Waals surface area (Å²) in [5.74, 6) is -2.04. The van der Waals surface area contributed by atoms with E-state index in [9.17, 15) is 14.0 Å². The molecule has 3 aromatic rings. The first-order valence-electron chi connectivity index (χ1n) is 6.90. The van der Waals surface area contributed by atoms with Gasteiger partial charge in [-0.3, -0.25) is 9.78 Å². The van der Waals surface area contributed by atoms with E-state index in [0.717, 1.165) is 6.07 Å². The summed E-state index contributed by atoms with van der Waals surface area (Å²) in [5, 5.41) is 9.06. The highest BCUT2D eigenvalue weighted by Crippen LogP contribution is 2.23. The third-order valence-corrected chi connectivity index (χ3v) is 3.53. The van der Waals surface area contributed by atoms with E-state index < -0.39 is 22.8 Å². The van der Waals surface area contributed by atoms with Crippen LogP contribution in [-0.4, -0.2) is 25.6 Å². The Labute approximate surface area is 129 Å². The molecule has 0 amide bonds. The molecule has 1 N–H and O–H groups in total. The number of rotatable bonds is 3. The lowest BCUT2D eigenvalue weighted by Crippen LogP contribution is -2.19. The summed E-state index contributed by atoms with van der Waals surface area (Å²) in [7, 11) is 0. The van der Waals surface area contributed by atoms with Crippen molar-refractivity contribution in [3.63, 3.8) is 0 Å². The van der Waals surface area contributed by atoms with E-state index in [2.05, 4.69) is 9.97 Å². The fourth-order valence-corrected chi connectivity index (χ4v) is 2.39. The number of carboxylic acid groups (broad SMARTS) is 1. The van der Waals surface area contributed by atoms with Crippen molar-refractivity contribution in [3.8, 4) is 11.3 Å². The van der Waals surface area contributed by atoms with Gasteiger partial charge in [0.15, 0.2) is 0 Å². The topological polar surface area (TPSA) is 85.1 Å². The van der Waals surface area contributed by atoms with E-state index in [1.165, 1.54) is 23.2 Å². The fraction of sp³-hybridized carbons (Fsp3) is 0.125. The summed E-state index contributed by atoms with van der Waals surface area (Å²) in [5.41, 5.74) is -0.292. The van der Waals surface area contributed by atoms with Crippen molar-refractivity contribution in [2.75, 3.05) is 0 Å². The van der Waals surface area contributed by atoms with Crippen LogP contribution in [0.5, 0.6) is 0 Å². The van der Waals surface area contributed by atoms with Crippen molar-refractivity contribution in [1.82, 2.24) is 14.5 Å². The lowest BCUT2D eigenvalue weighted by atomic mass is 10.1. The molecule has 7 heteroatoms. The summed E-state index contributed by atoms with van der Waals surface area (Å²) in [6.07, 6.45) is 4.26. The van der Waals surface area contributed by atoms with Crippen molar-refractivity contribution >= 4 is 17.0 Å². The Kier molecular flexibility index (Phi) is 3.61. The molecule has 0 unspecified atom stereocenters. The minimum Gasteiger partial charge on any atom is -0.477 e. The fourth-order valence-electron chi connectivity index (χ4n) is 2.39. The highest BCUT2D eigenvalue weighted by molar-refractivity contribution is 5.92. The molecule has 0 saturated heterocycles. The molecule has 3 heterocycles. The Hall–Kier alpha value is -3.09. The smallest absolute Gasteiger partial charge is 0.341 e. The summed E-state index contributed by atoms with van der Waals surface area (Å²) in [6, 6.07) is 4.26. The molecular weight excluding hydrogens is 301 g/mol. The second-order valence-corrected chi connectivity index (χ2v) is 4.89. The van der Waals surface area contributed by atoms with Crippen molar-refractivity contribution in [2.45, 2.75) is 13.5 Å². The zero-order chi connectivity index (χ0) is 16.6. The van der Waals surface area contributed by atoms with Gasteiger partial charge >= 0.3 is 5.97 Å². The molecule has 116 valence electrons. The zero-order valence-electron chi connectivity index (χ0n) is 12.2. The Bertz CT molecular complexity index is 968. The first-order chi connectivity index (χ1) is 11.0. The van der Waals surface area contributed by atoms with Gasteiger partial charge in [-0.05, 0) is 25.1 Å². The number of fused-ring (bicyclic) bond motifs is 1. The Morgan fingerprint density at radius 1 is 1.35 bits per heavy atom. The number of hydrogen-bond donors (Lipinski definition) is 1. The number of carbonyl (C=O) groups is 1. The molecule has 3 rings (SSSR count). The highest BCUT2D eigenvalue weighted by Gasteiger charge is 2.18. The second kappa shape index (κ2) is 5.60. The SMILES string of the molecule is CCn1cc(C(=O)O)c(=O)c2cc(F)c(-c3ccncc3)nc21. The van der Waals surface area contributed by atoms with Crippen molar-refractivity contribution in [2.24, 2.45) is 0 Å². The summed E-state index contributed by atoms with van der Waals surface area (Å²) >= 11 is 0. The van der Waals surface area contributed by atoms with Crippen LogP contribution in [0.25, 0.3) is 22.3 Å². The quantitative estimate of drug-likeness (QED) is 0.802. The van der Waals surface area contributed by atoms with Crippen molar-refractivity contribution < 1.29 is 14.3 Å². The van der Waals surface area contributed by atoms with E-state index in [0.29, 0.717) is 12.1 Å². The van der Waals surface area contributed by atoms with Crippen LogP contribution >= 0.6 is 0 Å². The molecule has 0 atom stereocenters. The molecule has 0 radical (unpaired) electrons. The molecular formula is C16H12FN3O3. The summed E-state index contributed by atoms with van der Waals surface area (Å²) in [6.45, 7) is 2.18. The van der Waals surface area contributed by atoms with Gasteiger partial charge < -0.3 is 9.67 Å². The van der Waals surface area contributed by atoms with Crippen LogP contribution in [0.1, 0.15) is 17.3 Å². The maximum absolute atomic E-state index is 14.4. The lowest BCUT2D eigenvalue weighted by Gasteiger charge is -2.11. The zero-order valence-corrected chi connectivity index (χ0v) is 12.2. The molecule has 0 aliphatic heterocycles. The van der Waals surface area contributed by atoms with E-state index >= 15 is 0 Å². The lowest BCUT2D eigenvalue weighted by molar-refractivity contribution is 0.0695. The predicted octanol–water partition coefficient (Wildman–Crippen LogP) is 2.32. The number of carboxylic acids is 1. The van der Waals surface area contributed by atoms with Gasteiger partial charge in [0.2, 0.25) is 5.43 Å². The molecule has 0 spiro atoms. The predicted molar refractivity (Wildman–Crippen MR) is 81.8 cm³/mol. The minimum absolute atomic E-state index is 0.0537. The first-order valence-corrected chi connectivity index (χ1v) is 6.90. The number of nitrogens with zero attached hydrogens (tertiary/aromatic N) is 3. The van der Waals surface area contributed by atoms with Crippen LogP contribution < -0.4 is 5.43 Å². The summed E-state index contributed by atoms with van der Waals surface area (Å²) < 4.78 is 15.9. The van der Waals surface area contributed by atoms with Crippen LogP contribution in [0.15, 0.2) is 41.6 Å². The first kappa shape index (κ1) is 14.8. The van der Waals surface area contributed by atoms with Crippen LogP contribution in [0.4, 0.5) is 4.39 Å². The molecule has 0 bridgehead atoms. The average Bonchev–Trinajstić information content (AvgIpc) is 2.55. The number of aromatic nitrogens is 3. The van der Waals surface area contributed by atoms with Crippen LogP contribution in [0.2, 0.25) is 0 Å². The van der Waals surface area contributed by atoms with Crippen LogP contribution in [0, 0.1) is 5.82 Å². The third kappa shape index (κ3) is 2.46. The van der Waals surface area contributed by atoms with Crippen molar-refractivity contribution in [3.05, 3.63) is 58.4 Å². The normalized spacial score (nSPS) is 10.9. The Morgan fingerprint density at radius 3 is 2.65 bits per heavy atom. The minimum atomic E-state index is -1.35. The number of pyridine rings is 3.